The second-order valence-electron chi connectivity index (χ2n) is 3.39. The number of carbonyl (C=O) groups excluding carboxylic acids is 2. The molecule has 1 aromatic rings. The Kier molecular flexibility index (Phi) is 3.16. The van der Waals surface area contributed by atoms with Crippen molar-refractivity contribution >= 4 is 12.1 Å². The number of carbonyl (C=O) groups is 2. The fourth-order valence-electron chi connectivity index (χ4n) is 1.57. The molecule has 1 rings (SSSR count). The Morgan fingerprint density at radius 2 is 1.88 bits per heavy atom. The Balaban J connectivity index is 3.68. The Morgan fingerprint density at radius 3 is 2.25 bits per heavy atom. The molecule has 0 aromatic heterocycles. The first kappa shape index (κ1) is 12.4. The van der Waals surface area contributed by atoms with E-state index in [9.17, 15) is 22.8 Å². The minimum atomic E-state index is -4.63. The minimum absolute atomic E-state index is 0.0664. The van der Waals surface area contributed by atoms with E-state index in [1.165, 1.54) is 19.1 Å². The van der Waals surface area contributed by atoms with E-state index in [0.717, 1.165) is 6.92 Å². The van der Waals surface area contributed by atoms with Crippen LogP contribution in [0, 0.1) is 6.92 Å². The standard InChI is InChI=1S/C11H9F3O2/c1-6-3-4-8(5-15)9(7(2)16)10(6)11(12,13)14/h3-5H,1-2H3. The van der Waals surface area contributed by atoms with Gasteiger partial charge in [0.15, 0.2) is 12.1 Å². The Morgan fingerprint density at radius 1 is 1.31 bits per heavy atom. The van der Waals surface area contributed by atoms with E-state index in [-0.39, 0.29) is 17.4 Å². The number of ketones is 1. The maximum atomic E-state index is 12.7. The Hall–Kier alpha value is -1.65. The maximum Gasteiger partial charge on any atom is 0.417 e. The van der Waals surface area contributed by atoms with E-state index in [2.05, 4.69) is 0 Å². The fourth-order valence-corrected chi connectivity index (χ4v) is 1.57. The molecular weight excluding hydrogens is 221 g/mol. The molecular formula is C11H9F3O2. The molecule has 0 heterocycles. The van der Waals surface area contributed by atoms with Gasteiger partial charge in [-0.05, 0) is 19.4 Å². The van der Waals surface area contributed by atoms with Crippen molar-refractivity contribution in [3.8, 4) is 0 Å². The second kappa shape index (κ2) is 4.08. The third-order valence-electron chi connectivity index (χ3n) is 2.21. The predicted octanol–water partition coefficient (Wildman–Crippen LogP) is 3.03. The topological polar surface area (TPSA) is 34.1 Å². The van der Waals surface area contributed by atoms with Crippen LogP contribution in [0.25, 0.3) is 0 Å². The van der Waals surface area contributed by atoms with E-state index in [1.807, 2.05) is 0 Å². The van der Waals surface area contributed by atoms with Gasteiger partial charge in [0, 0.05) is 11.1 Å². The van der Waals surface area contributed by atoms with Crippen LogP contribution in [0.3, 0.4) is 0 Å². The summed E-state index contributed by atoms with van der Waals surface area (Å²) < 4.78 is 38.2. The molecule has 0 bridgehead atoms. The highest BCUT2D eigenvalue weighted by molar-refractivity contribution is 6.03. The van der Waals surface area contributed by atoms with Crippen molar-refractivity contribution in [3.05, 3.63) is 34.4 Å². The zero-order chi connectivity index (χ0) is 12.5. The number of benzene rings is 1. The lowest BCUT2D eigenvalue weighted by Gasteiger charge is -2.15. The summed E-state index contributed by atoms with van der Waals surface area (Å²) in [4.78, 5) is 21.8. The minimum Gasteiger partial charge on any atom is -0.298 e. The molecule has 2 nitrogen and oxygen atoms in total. The van der Waals surface area contributed by atoms with E-state index < -0.39 is 23.1 Å². The van der Waals surface area contributed by atoms with Gasteiger partial charge < -0.3 is 0 Å². The summed E-state index contributed by atoms with van der Waals surface area (Å²) in [6.07, 6.45) is -4.38. The van der Waals surface area contributed by atoms with Crippen LogP contribution in [-0.4, -0.2) is 12.1 Å². The third kappa shape index (κ3) is 2.13. The smallest absolute Gasteiger partial charge is 0.298 e. The van der Waals surface area contributed by atoms with Crippen LogP contribution < -0.4 is 0 Å². The average molecular weight is 230 g/mol. The van der Waals surface area contributed by atoms with Crippen LogP contribution in [0.1, 0.15) is 38.8 Å². The van der Waals surface area contributed by atoms with Crippen LogP contribution in [0.4, 0.5) is 13.2 Å². The molecule has 0 N–H and O–H groups in total. The van der Waals surface area contributed by atoms with Gasteiger partial charge in [-0.2, -0.15) is 13.2 Å². The van der Waals surface area contributed by atoms with E-state index in [4.69, 9.17) is 0 Å². The summed E-state index contributed by atoms with van der Waals surface area (Å²) in [7, 11) is 0. The highest BCUT2D eigenvalue weighted by Gasteiger charge is 2.37. The first-order chi connectivity index (χ1) is 7.29. The SMILES string of the molecule is CC(=O)c1c(C=O)ccc(C)c1C(F)(F)F. The number of hydrogen-bond acceptors (Lipinski definition) is 2. The number of Topliss-reactive ketones (excluding diaryl/α,β-unsaturated/α-hetero) is 1. The molecule has 0 amide bonds. The molecule has 0 radical (unpaired) electrons. The summed E-state index contributed by atoms with van der Waals surface area (Å²) in [5.41, 5.74) is -1.87. The van der Waals surface area contributed by atoms with Gasteiger partial charge in [-0.15, -0.1) is 0 Å². The van der Waals surface area contributed by atoms with Gasteiger partial charge in [0.2, 0.25) is 0 Å². The molecule has 0 saturated carbocycles. The van der Waals surface area contributed by atoms with Crippen LogP contribution >= 0.6 is 0 Å². The van der Waals surface area contributed by atoms with Crippen molar-refractivity contribution in [3.63, 3.8) is 0 Å². The fraction of sp³-hybridized carbons (Fsp3) is 0.273. The molecule has 0 fully saturated rings. The van der Waals surface area contributed by atoms with Crippen molar-refractivity contribution in [2.75, 3.05) is 0 Å². The number of rotatable bonds is 2. The molecule has 0 aliphatic carbocycles. The largest absolute Gasteiger partial charge is 0.417 e. The van der Waals surface area contributed by atoms with Gasteiger partial charge in [0.05, 0.1) is 5.56 Å². The lowest BCUT2D eigenvalue weighted by atomic mass is 9.94. The van der Waals surface area contributed by atoms with E-state index in [1.54, 1.807) is 0 Å². The Bertz CT molecular complexity index is 447. The first-order valence-electron chi connectivity index (χ1n) is 4.46. The number of hydrogen-bond donors (Lipinski definition) is 0. The van der Waals surface area contributed by atoms with Crippen molar-refractivity contribution < 1.29 is 22.8 Å². The van der Waals surface area contributed by atoms with Crippen LogP contribution in [0.2, 0.25) is 0 Å². The quantitative estimate of drug-likeness (QED) is 0.578. The molecule has 0 saturated heterocycles. The molecule has 16 heavy (non-hydrogen) atoms. The highest BCUT2D eigenvalue weighted by atomic mass is 19.4. The lowest BCUT2D eigenvalue weighted by molar-refractivity contribution is -0.138. The predicted molar refractivity (Wildman–Crippen MR) is 51.6 cm³/mol. The van der Waals surface area contributed by atoms with Crippen molar-refractivity contribution in [2.24, 2.45) is 0 Å². The van der Waals surface area contributed by atoms with Gasteiger partial charge in [0.25, 0.3) is 0 Å². The molecule has 0 aliphatic heterocycles. The molecule has 0 spiro atoms. The monoisotopic (exact) mass is 230 g/mol. The zero-order valence-corrected chi connectivity index (χ0v) is 8.68. The third-order valence-corrected chi connectivity index (χ3v) is 2.21. The highest BCUT2D eigenvalue weighted by Crippen LogP contribution is 2.35. The van der Waals surface area contributed by atoms with Crippen molar-refractivity contribution in [1.82, 2.24) is 0 Å². The second-order valence-corrected chi connectivity index (χ2v) is 3.39. The molecule has 86 valence electrons. The van der Waals surface area contributed by atoms with Gasteiger partial charge in [-0.1, -0.05) is 12.1 Å². The molecule has 0 unspecified atom stereocenters. The molecule has 5 heteroatoms. The van der Waals surface area contributed by atoms with E-state index >= 15 is 0 Å². The van der Waals surface area contributed by atoms with Gasteiger partial charge in [0.1, 0.15) is 0 Å². The summed E-state index contributed by atoms with van der Waals surface area (Å²) in [6, 6.07) is 2.40. The summed E-state index contributed by atoms with van der Waals surface area (Å²) in [5.74, 6) is -0.766. The molecule has 1 aromatic carbocycles. The average Bonchev–Trinajstić information content (AvgIpc) is 2.15. The number of aldehydes is 1. The number of alkyl halides is 3. The van der Waals surface area contributed by atoms with Gasteiger partial charge >= 0.3 is 6.18 Å². The summed E-state index contributed by atoms with van der Waals surface area (Å²) >= 11 is 0. The Labute approximate surface area is 90.1 Å². The first-order valence-corrected chi connectivity index (χ1v) is 4.46. The zero-order valence-electron chi connectivity index (χ0n) is 8.68. The summed E-state index contributed by atoms with van der Waals surface area (Å²) in [5, 5.41) is 0. The molecule has 0 atom stereocenters. The van der Waals surface area contributed by atoms with Crippen LogP contribution in [-0.2, 0) is 6.18 Å². The number of halogens is 3. The van der Waals surface area contributed by atoms with E-state index in [0.29, 0.717) is 0 Å². The van der Waals surface area contributed by atoms with Crippen molar-refractivity contribution in [2.45, 2.75) is 20.0 Å². The normalized spacial score (nSPS) is 11.3. The molecule has 0 aliphatic rings. The van der Waals surface area contributed by atoms with Crippen molar-refractivity contribution in [1.29, 1.82) is 0 Å². The summed E-state index contributed by atoms with van der Waals surface area (Å²) in [6.45, 7) is 2.26. The number of aryl methyl sites for hydroxylation is 1. The maximum absolute atomic E-state index is 12.7. The van der Waals surface area contributed by atoms with Crippen LogP contribution in [0.15, 0.2) is 12.1 Å². The van der Waals surface area contributed by atoms with Crippen LogP contribution in [0.5, 0.6) is 0 Å². The lowest BCUT2D eigenvalue weighted by Crippen LogP contribution is -2.16. The van der Waals surface area contributed by atoms with Gasteiger partial charge in [-0.3, -0.25) is 9.59 Å². The van der Waals surface area contributed by atoms with Gasteiger partial charge in [-0.25, -0.2) is 0 Å².